The molecule has 0 bridgehead atoms. The molecule has 2 aromatic carbocycles. The maximum absolute atomic E-state index is 5.45. The summed E-state index contributed by atoms with van der Waals surface area (Å²) in [5.41, 5.74) is 1.98. The van der Waals surface area contributed by atoms with Gasteiger partial charge >= 0.3 is 0 Å². The highest BCUT2D eigenvalue weighted by Gasteiger charge is 2.15. The molecular formula is C17H19NO3S. The van der Waals surface area contributed by atoms with Crippen molar-refractivity contribution in [2.75, 3.05) is 21.3 Å². The fraction of sp³-hybridized carbons (Fsp3) is 0.235. The Labute approximate surface area is 136 Å². The second kappa shape index (κ2) is 7.66. The van der Waals surface area contributed by atoms with Gasteiger partial charge in [0.25, 0.3) is 0 Å². The predicted molar refractivity (Wildman–Crippen MR) is 91.1 cm³/mol. The minimum atomic E-state index is 0.555. The predicted octanol–water partition coefficient (Wildman–Crippen LogP) is 3.18. The van der Waals surface area contributed by atoms with E-state index in [2.05, 4.69) is 5.32 Å². The normalized spacial score (nSPS) is 9.95. The Balaban J connectivity index is 2.19. The van der Waals surface area contributed by atoms with Gasteiger partial charge in [0.05, 0.1) is 21.3 Å². The van der Waals surface area contributed by atoms with Crippen molar-refractivity contribution in [1.82, 2.24) is 5.32 Å². The van der Waals surface area contributed by atoms with Crippen LogP contribution >= 0.6 is 12.2 Å². The van der Waals surface area contributed by atoms with Gasteiger partial charge in [0, 0.05) is 12.1 Å². The summed E-state index contributed by atoms with van der Waals surface area (Å²) in [7, 11) is 4.75. The van der Waals surface area contributed by atoms with Crippen LogP contribution in [0.2, 0.25) is 0 Å². The molecule has 0 spiro atoms. The number of ether oxygens (including phenoxy) is 3. The SMILES string of the molecule is COc1cc(C(=S)NCc2ccccc2)cc(OC)c1OC. The molecule has 22 heavy (non-hydrogen) atoms. The molecule has 0 aliphatic rings. The van der Waals surface area contributed by atoms with Crippen LogP contribution in [-0.2, 0) is 6.54 Å². The maximum Gasteiger partial charge on any atom is 0.203 e. The van der Waals surface area contributed by atoms with Crippen molar-refractivity contribution in [3.05, 3.63) is 53.6 Å². The quantitative estimate of drug-likeness (QED) is 0.829. The molecule has 0 atom stereocenters. The van der Waals surface area contributed by atoms with Gasteiger partial charge in [-0.1, -0.05) is 42.5 Å². The van der Waals surface area contributed by atoms with Gasteiger partial charge in [-0.15, -0.1) is 0 Å². The second-order valence-corrected chi connectivity index (χ2v) is 4.99. The van der Waals surface area contributed by atoms with E-state index in [1.54, 1.807) is 21.3 Å². The van der Waals surface area contributed by atoms with Gasteiger partial charge in [-0.25, -0.2) is 0 Å². The van der Waals surface area contributed by atoms with E-state index in [9.17, 15) is 0 Å². The first-order valence-electron chi connectivity index (χ1n) is 6.81. The Kier molecular flexibility index (Phi) is 5.61. The summed E-state index contributed by atoms with van der Waals surface area (Å²) >= 11 is 5.45. The number of hydrogen-bond acceptors (Lipinski definition) is 4. The van der Waals surface area contributed by atoms with E-state index in [1.165, 1.54) is 0 Å². The highest BCUT2D eigenvalue weighted by atomic mass is 32.1. The van der Waals surface area contributed by atoms with Crippen molar-refractivity contribution in [1.29, 1.82) is 0 Å². The van der Waals surface area contributed by atoms with Crippen molar-refractivity contribution in [2.45, 2.75) is 6.54 Å². The van der Waals surface area contributed by atoms with Crippen LogP contribution in [0.25, 0.3) is 0 Å². The van der Waals surface area contributed by atoms with Gasteiger partial charge in [0.15, 0.2) is 11.5 Å². The van der Waals surface area contributed by atoms with Crippen LogP contribution in [0.5, 0.6) is 17.2 Å². The van der Waals surface area contributed by atoms with E-state index in [0.717, 1.165) is 11.1 Å². The van der Waals surface area contributed by atoms with E-state index in [-0.39, 0.29) is 0 Å². The summed E-state index contributed by atoms with van der Waals surface area (Å²) in [5.74, 6) is 1.72. The summed E-state index contributed by atoms with van der Waals surface area (Å²) in [6.45, 7) is 0.663. The first-order chi connectivity index (χ1) is 10.7. The maximum atomic E-state index is 5.45. The lowest BCUT2D eigenvalue weighted by molar-refractivity contribution is 0.324. The van der Waals surface area contributed by atoms with Crippen LogP contribution in [0.3, 0.4) is 0 Å². The van der Waals surface area contributed by atoms with Crippen molar-refractivity contribution in [3.63, 3.8) is 0 Å². The molecule has 0 saturated carbocycles. The fourth-order valence-electron chi connectivity index (χ4n) is 2.09. The lowest BCUT2D eigenvalue weighted by atomic mass is 10.1. The largest absolute Gasteiger partial charge is 0.493 e. The lowest BCUT2D eigenvalue weighted by Crippen LogP contribution is -2.21. The molecule has 0 aliphatic carbocycles. The molecule has 0 fully saturated rings. The number of nitrogens with one attached hydrogen (secondary N) is 1. The van der Waals surface area contributed by atoms with E-state index in [1.807, 2.05) is 42.5 Å². The zero-order chi connectivity index (χ0) is 15.9. The molecule has 5 heteroatoms. The summed E-state index contributed by atoms with van der Waals surface area (Å²) in [5, 5.41) is 3.23. The van der Waals surface area contributed by atoms with Crippen molar-refractivity contribution in [3.8, 4) is 17.2 Å². The summed E-state index contributed by atoms with van der Waals surface area (Å²) in [6, 6.07) is 13.7. The lowest BCUT2D eigenvalue weighted by Gasteiger charge is -2.15. The van der Waals surface area contributed by atoms with Crippen LogP contribution in [0.15, 0.2) is 42.5 Å². The average molecular weight is 317 g/mol. The number of hydrogen-bond donors (Lipinski definition) is 1. The Morgan fingerprint density at radius 1 is 0.955 bits per heavy atom. The second-order valence-electron chi connectivity index (χ2n) is 4.58. The molecule has 0 aromatic heterocycles. The third-order valence-electron chi connectivity index (χ3n) is 3.22. The van der Waals surface area contributed by atoms with Crippen LogP contribution in [0, 0.1) is 0 Å². The monoisotopic (exact) mass is 317 g/mol. The Morgan fingerprint density at radius 3 is 2.05 bits per heavy atom. The Hall–Kier alpha value is -2.27. The first kappa shape index (κ1) is 16.1. The minimum absolute atomic E-state index is 0.555. The molecule has 2 rings (SSSR count). The average Bonchev–Trinajstić information content (AvgIpc) is 2.59. The molecule has 0 unspecified atom stereocenters. The molecule has 0 aliphatic heterocycles. The smallest absolute Gasteiger partial charge is 0.203 e. The molecule has 1 N–H and O–H groups in total. The van der Waals surface area contributed by atoms with Crippen LogP contribution in [0.4, 0.5) is 0 Å². The Morgan fingerprint density at radius 2 is 1.55 bits per heavy atom. The van der Waals surface area contributed by atoms with Crippen molar-refractivity contribution >= 4 is 17.2 Å². The van der Waals surface area contributed by atoms with Crippen LogP contribution < -0.4 is 19.5 Å². The van der Waals surface area contributed by atoms with E-state index >= 15 is 0 Å². The third kappa shape index (κ3) is 3.68. The number of thiocarbonyl (C=S) groups is 1. The van der Waals surface area contributed by atoms with Gasteiger partial charge < -0.3 is 19.5 Å². The van der Waals surface area contributed by atoms with Gasteiger partial charge in [-0.3, -0.25) is 0 Å². The summed E-state index contributed by atoms with van der Waals surface area (Å²) in [4.78, 5) is 0.628. The van der Waals surface area contributed by atoms with Gasteiger partial charge in [0.2, 0.25) is 5.75 Å². The van der Waals surface area contributed by atoms with Gasteiger partial charge in [0.1, 0.15) is 4.99 Å². The van der Waals surface area contributed by atoms with Crippen molar-refractivity contribution < 1.29 is 14.2 Å². The molecule has 2 aromatic rings. The molecule has 0 radical (unpaired) electrons. The third-order valence-corrected chi connectivity index (χ3v) is 3.60. The highest BCUT2D eigenvalue weighted by molar-refractivity contribution is 7.80. The first-order valence-corrected chi connectivity index (χ1v) is 7.22. The van der Waals surface area contributed by atoms with Gasteiger partial charge in [-0.05, 0) is 17.7 Å². The fourth-order valence-corrected chi connectivity index (χ4v) is 2.28. The molecule has 4 nitrogen and oxygen atoms in total. The van der Waals surface area contributed by atoms with E-state index in [4.69, 9.17) is 26.4 Å². The molecule has 116 valence electrons. The van der Waals surface area contributed by atoms with E-state index < -0.39 is 0 Å². The Bertz CT molecular complexity index is 619. The number of rotatable bonds is 6. The zero-order valence-electron chi connectivity index (χ0n) is 12.9. The molecule has 0 heterocycles. The standard InChI is InChI=1S/C17H19NO3S/c1-19-14-9-13(10-15(20-2)16(14)21-3)17(22)18-11-12-7-5-4-6-8-12/h4-10H,11H2,1-3H3,(H,18,22). The summed E-state index contributed by atoms with van der Waals surface area (Å²) in [6.07, 6.45) is 0. The van der Waals surface area contributed by atoms with Crippen LogP contribution in [0.1, 0.15) is 11.1 Å². The number of benzene rings is 2. The molecule has 0 saturated heterocycles. The van der Waals surface area contributed by atoms with Crippen LogP contribution in [-0.4, -0.2) is 26.3 Å². The van der Waals surface area contributed by atoms with Gasteiger partial charge in [-0.2, -0.15) is 0 Å². The van der Waals surface area contributed by atoms with E-state index in [0.29, 0.717) is 28.8 Å². The number of methoxy groups -OCH3 is 3. The zero-order valence-corrected chi connectivity index (χ0v) is 13.7. The topological polar surface area (TPSA) is 39.7 Å². The van der Waals surface area contributed by atoms with Crippen molar-refractivity contribution in [2.24, 2.45) is 0 Å². The highest BCUT2D eigenvalue weighted by Crippen LogP contribution is 2.38. The molecule has 0 amide bonds. The summed E-state index contributed by atoms with van der Waals surface area (Å²) < 4.78 is 16.0. The minimum Gasteiger partial charge on any atom is -0.493 e. The molecular weight excluding hydrogens is 298 g/mol.